The van der Waals surface area contributed by atoms with Crippen LogP contribution in [0.2, 0.25) is 0 Å². The summed E-state index contributed by atoms with van der Waals surface area (Å²) >= 11 is 0. The van der Waals surface area contributed by atoms with E-state index in [2.05, 4.69) is 4.98 Å². The molecule has 13 heavy (non-hydrogen) atoms. The number of ether oxygens (including phenoxy) is 1. The zero-order valence-corrected chi connectivity index (χ0v) is 8.10. The van der Waals surface area contributed by atoms with Gasteiger partial charge in [-0.2, -0.15) is 0 Å². The van der Waals surface area contributed by atoms with E-state index in [1.165, 1.54) is 0 Å². The average Bonchev–Trinajstić information content (AvgIpc) is 2.61. The lowest BCUT2D eigenvalue weighted by Crippen LogP contribution is -2.13. The third-order valence-corrected chi connectivity index (χ3v) is 1.87. The molecule has 0 aromatic carbocycles. The predicted octanol–water partition coefficient (Wildman–Crippen LogP) is 0.973. The second-order valence-electron chi connectivity index (χ2n) is 2.75. The molecule has 1 N–H and O–H groups in total. The SMILES string of the molecule is CCOCC(O)c1nccn1CC. The Morgan fingerprint density at radius 1 is 1.62 bits per heavy atom. The van der Waals surface area contributed by atoms with Crippen molar-refractivity contribution in [2.24, 2.45) is 0 Å². The van der Waals surface area contributed by atoms with Crippen molar-refractivity contribution in [2.45, 2.75) is 26.5 Å². The average molecular weight is 184 g/mol. The van der Waals surface area contributed by atoms with Crippen LogP contribution in [0.15, 0.2) is 12.4 Å². The lowest BCUT2D eigenvalue weighted by atomic mass is 10.3. The zero-order chi connectivity index (χ0) is 9.68. The third-order valence-electron chi connectivity index (χ3n) is 1.87. The first-order chi connectivity index (χ1) is 6.29. The zero-order valence-electron chi connectivity index (χ0n) is 8.10. The van der Waals surface area contributed by atoms with Crippen molar-refractivity contribution in [3.05, 3.63) is 18.2 Å². The van der Waals surface area contributed by atoms with Crippen LogP contribution in [-0.4, -0.2) is 27.9 Å². The van der Waals surface area contributed by atoms with Crippen LogP contribution in [0.5, 0.6) is 0 Å². The van der Waals surface area contributed by atoms with Crippen LogP contribution in [0, 0.1) is 0 Å². The van der Waals surface area contributed by atoms with E-state index in [0.717, 1.165) is 6.54 Å². The third kappa shape index (κ3) is 2.54. The predicted molar refractivity (Wildman–Crippen MR) is 49.4 cm³/mol. The Kier molecular flexibility index (Phi) is 3.92. The number of aromatic nitrogens is 2. The summed E-state index contributed by atoms with van der Waals surface area (Å²) < 4.78 is 7.02. The van der Waals surface area contributed by atoms with Crippen LogP contribution < -0.4 is 0 Å². The highest BCUT2D eigenvalue weighted by atomic mass is 16.5. The number of nitrogens with zero attached hydrogens (tertiary/aromatic N) is 2. The lowest BCUT2D eigenvalue weighted by molar-refractivity contribution is 0.0355. The van der Waals surface area contributed by atoms with E-state index < -0.39 is 6.10 Å². The molecular formula is C9H16N2O2. The lowest BCUT2D eigenvalue weighted by Gasteiger charge is -2.11. The molecule has 0 aliphatic carbocycles. The number of hydrogen-bond donors (Lipinski definition) is 1. The quantitative estimate of drug-likeness (QED) is 0.741. The summed E-state index contributed by atoms with van der Waals surface area (Å²) in [4.78, 5) is 4.07. The van der Waals surface area contributed by atoms with Crippen molar-refractivity contribution >= 4 is 0 Å². The smallest absolute Gasteiger partial charge is 0.140 e. The summed E-state index contributed by atoms with van der Waals surface area (Å²) in [7, 11) is 0. The molecule has 0 bridgehead atoms. The van der Waals surface area contributed by atoms with Gasteiger partial charge < -0.3 is 14.4 Å². The molecule has 0 spiro atoms. The molecule has 0 aliphatic rings. The van der Waals surface area contributed by atoms with Crippen LogP contribution in [0.3, 0.4) is 0 Å². The van der Waals surface area contributed by atoms with Gasteiger partial charge in [-0.1, -0.05) is 0 Å². The fraction of sp³-hybridized carbons (Fsp3) is 0.667. The maximum absolute atomic E-state index is 9.64. The van der Waals surface area contributed by atoms with Gasteiger partial charge in [0.25, 0.3) is 0 Å². The second-order valence-corrected chi connectivity index (χ2v) is 2.75. The number of rotatable bonds is 5. The Balaban J connectivity index is 2.59. The highest BCUT2D eigenvalue weighted by molar-refractivity contribution is 4.96. The summed E-state index contributed by atoms with van der Waals surface area (Å²) in [5.41, 5.74) is 0. The van der Waals surface area contributed by atoms with Crippen LogP contribution in [0.1, 0.15) is 25.8 Å². The number of aliphatic hydroxyl groups is 1. The number of hydrogen-bond acceptors (Lipinski definition) is 3. The van der Waals surface area contributed by atoms with E-state index in [9.17, 15) is 5.11 Å². The van der Waals surface area contributed by atoms with Gasteiger partial charge in [0.15, 0.2) is 0 Å². The maximum atomic E-state index is 9.64. The summed E-state index contributed by atoms with van der Waals surface area (Å²) in [5.74, 6) is 0.677. The minimum atomic E-state index is -0.616. The highest BCUT2D eigenvalue weighted by Gasteiger charge is 2.12. The Bertz CT molecular complexity index is 248. The monoisotopic (exact) mass is 184 g/mol. The maximum Gasteiger partial charge on any atom is 0.140 e. The van der Waals surface area contributed by atoms with Crippen LogP contribution >= 0.6 is 0 Å². The van der Waals surface area contributed by atoms with Gasteiger partial charge in [0.05, 0.1) is 6.61 Å². The van der Waals surface area contributed by atoms with E-state index in [1.54, 1.807) is 6.20 Å². The summed E-state index contributed by atoms with van der Waals surface area (Å²) in [5, 5.41) is 9.64. The van der Waals surface area contributed by atoms with E-state index in [-0.39, 0.29) is 0 Å². The molecule has 0 radical (unpaired) electrons. The van der Waals surface area contributed by atoms with E-state index in [0.29, 0.717) is 19.0 Å². The Hall–Kier alpha value is -0.870. The minimum absolute atomic E-state index is 0.313. The number of imidazole rings is 1. The molecule has 0 saturated carbocycles. The van der Waals surface area contributed by atoms with Gasteiger partial charge in [-0.15, -0.1) is 0 Å². The fourth-order valence-corrected chi connectivity index (χ4v) is 1.19. The van der Waals surface area contributed by atoms with E-state index >= 15 is 0 Å². The highest BCUT2D eigenvalue weighted by Crippen LogP contribution is 2.10. The van der Waals surface area contributed by atoms with Crippen molar-refractivity contribution in [3.8, 4) is 0 Å². The van der Waals surface area contributed by atoms with Crippen molar-refractivity contribution < 1.29 is 9.84 Å². The van der Waals surface area contributed by atoms with Crippen LogP contribution in [0.25, 0.3) is 0 Å². The standard InChI is InChI=1S/C9H16N2O2/c1-3-11-6-5-10-9(11)8(12)7-13-4-2/h5-6,8,12H,3-4,7H2,1-2H3. The van der Waals surface area contributed by atoms with Crippen molar-refractivity contribution in [2.75, 3.05) is 13.2 Å². The first kappa shape index (κ1) is 10.2. The van der Waals surface area contributed by atoms with E-state index in [1.807, 2.05) is 24.6 Å². The molecule has 0 saturated heterocycles. The normalized spacial score (nSPS) is 13.2. The number of aliphatic hydroxyl groups excluding tert-OH is 1. The minimum Gasteiger partial charge on any atom is -0.383 e. The van der Waals surface area contributed by atoms with Gasteiger partial charge in [0, 0.05) is 25.5 Å². The van der Waals surface area contributed by atoms with Crippen LogP contribution in [-0.2, 0) is 11.3 Å². The molecule has 4 nitrogen and oxygen atoms in total. The van der Waals surface area contributed by atoms with Crippen molar-refractivity contribution in [1.82, 2.24) is 9.55 Å². The molecule has 0 fully saturated rings. The van der Waals surface area contributed by atoms with Gasteiger partial charge in [-0.05, 0) is 13.8 Å². The Labute approximate surface area is 78.2 Å². The molecule has 1 heterocycles. The summed E-state index contributed by atoms with van der Waals surface area (Å²) in [6.45, 7) is 5.66. The molecule has 1 rings (SSSR count). The first-order valence-corrected chi connectivity index (χ1v) is 4.56. The summed E-state index contributed by atoms with van der Waals surface area (Å²) in [6.07, 6.45) is 2.92. The Morgan fingerprint density at radius 2 is 2.38 bits per heavy atom. The molecule has 1 aromatic heterocycles. The first-order valence-electron chi connectivity index (χ1n) is 4.56. The van der Waals surface area contributed by atoms with E-state index in [4.69, 9.17) is 4.74 Å². The molecular weight excluding hydrogens is 168 g/mol. The molecule has 74 valence electrons. The largest absolute Gasteiger partial charge is 0.383 e. The molecule has 1 atom stereocenters. The topological polar surface area (TPSA) is 47.3 Å². The Morgan fingerprint density at radius 3 is 3.00 bits per heavy atom. The molecule has 1 aromatic rings. The van der Waals surface area contributed by atoms with Gasteiger partial charge >= 0.3 is 0 Å². The molecule has 4 heteroatoms. The fourth-order valence-electron chi connectivity index (χ4n) is 1.19. The van der Waals surface area contributed by atoms with Gasteiger partial charge in [0.1, 0.15) is 11.9 Å². The molecule has 0 aliphatic heterocycles. The molecule has 1 unspecified atom stereocenters. The van der Waals surface area contributed by atoms with Crippen molar-refractivity contribution in [3.63, 3.8) is 0 Å². The second kappa shape index (κ2) is 4.99. The number of aryl methyl sites for hydroxylation is 1. The summed E-state index contributed by atoms with van der Waals surface area (Å²) in [6, 6.07) is 0. The van der Waals surface area contributed by atoms with Crippen molar-refractivity contribution in [1.29, 1.82) is 0 Å². The van der Waals surface area contributed by atoms with Crippen LogP contribution in [0.4, 0.5) is 0 Å². The molecule has 0 amide bonds. The van der Waals surface area contributed by atoms with Gasteiger partial charge in [-0.3, -0.25) is 0 Å². The van der Waals surface area contributed by atoms with Gasteiger partial charge in [-0.25, -0.2) is 4.98 Å². The van der Waals surface area contributed by atoms with Gasteiger partial charge in [0.2, 0.25) is 0 Å².